The Morgan fingerprint density at radius 1 is 1.10 bits per heavy atom. The van der Waals surface area contributed by atoms with Crippen molar-refractivity contribution in [1.29, 1.82) is 0 Å². The normalized spacial score (nSPS) is 10.0. The van der Waals surface area contributed by atoms with Crippen LogP contribution >= 0.6 is 34.8 Å². The lowest BCUT2D eigenvalue weighted by molar-refractivity contribution is 1.47. The van der Waals surface area contributed by atoms with Gasteiger partial charge in [-0.05, 0) is 24.6 Å². The van der Waals surface area contributed by atoms with Crippen molar-refractivity contribution in [3.05, 3.63) is 32.8 Å². The van der Waals surface area contributed by atoms with Crippen LogP contribution < -0.4 is 0 Å². The van der Waals surface area contributed by atoms with Gasteiger partial charge in [-0.15, -0.1) is 0 Å². The summed E-state index contributed by atoms with van der Waals surface area (Å²) in [5.41, 5.74) is 0.902. The third kappa shape index (κ3) is 1.57. The predicted octanol–water partition coefficient (Wildman–Crippen LogP) is 3.96. The molecule has 54 valence electrons. The van der Waals surface area contributed by atoms with Gasteiger partial charge in [0.15, 0.2) is 0 Å². The monoisotopic (exact) mass is 194 g/mol. The van der Waals surface area contributed by atoms with E-state index in [1.54, 1.807) is 12.1 Å². The fourth-order valence-electron chi connectivity index (χ4n) is 0.685. The molecule has 1 aromatic rings. The molecule has 0 atom stereocenters. The van der Waals surface area contributed by atoms with E-state index in [-0.39, 0.29) is 0 Å². The fourth-order valence-corrected chi connectivity index (χ4v) is 1.39. The van der Waals surface area contributed by atoms with E-state index in [9.17, 15) is 0 Å². The maximum absolute atomic E-state index is 5.76. The van der Waals surface area contributed by atoms with E-state index in [1.807, 2.05) is 6.92 Å². The van der Waals surface area contributed by atoms with Crippen LogP contribution in [0.5, 0.6) is 0 Å². The van der Waals surface area contributed by atoms with Crippen molar-refractivity contribution in [2.24, 2.45) is 0 Å². The van der Waals surface area contributed by atoms with E-state index in [2.05, 4.69) is 0 Å². The maximum Gasteiger partial charge on any atom is 0.0622 e. The highest BCUT2D eigenvalue weighted by atomic mass is 35.5. The van der Waals surface area contributed by atoms with Crippen LogP contribution in [-0.4, -0.2) is 0 Å². The van der Waals surface area contributed by atoms with Gasteiger partial charge >= 0.3 is 0 Å². The SMILES string of the molecule is Cc1cc(Cl)cc(Cl)c1Cl. The summed E-state index contributed by atoms with van der Waals surface area (Å²) in [7, 11) is 0. The van der Waals surface area contributed by atoms with Crippen LogP contribution in [-0.2, 0) is 0 Å². The van der Waals surface area contributed by atoms with Gasteiger partial charge in [0, 0.05) is 5.02 Å². The van der Waals surface area contributed by atoms with Crippen molar-refractivity contribution in [2.45, 2.75) is 6.92 Å². The molecule has 0 nitrogen and oxygen atoms in total. The molecule has 0 saturated heterocycles. The quantitative estimate of drug-likeness (QED) is 0.550. The van der Waals surface area contributed by atoms with Crippen molar-refractivity contribution >= 4 is 34.8 Å². The average Bonchev–Trinajstić information content (AvgIpc) is 1.82. The molecule has 1 aromatic carbocycles. The summed E-state index contributed by atoms with van der Waals surface area (Å²) in [6.07, 6.45) is 0. The molecule has 0 bridgehead atoms. The molecule has 0 aliphatic heterocycles. The van der Waals surface area contributed by atoms with Gasteiger partial charge in [-0.3, -0.25) is 0 Å². The van der Waals surface area contributed by atoms with E-state index in [0.717, 1.165) is 5.56 Å². The van der Waals surface area contributed by atoms with Gasteiger partial charge in [0.2, 0.25) is 0 Å². The fraction of sp³-hybridized carbons (Fsp3) is 0.143. The van der Waals surface area contributed by atoms with Crippen LogP contribution in [0, 0.1) is 6.92 Å². The summed E-state index contributed by atoms with van der Waals surface area (Å²) in [6, 6.07) is 3.40. The van der Waals surface area contributed by atoms with Gasteiger partial charge in [0.1, 0.15) is 0 Å². The van der Waals surface area contributed by atoms with E-state index in [1.165, 1.54) is 0 Å². The van der Waals surface area contributed by atoms with Gasteiger partial charge in [0.05, 0.1) is 10.0 Å². The molecule has 0 saturated carbocycles. The molecule has 0 unspecified atom stereocenters. The van der Waals surface area contributed by atoms with Crippen LogP contribution in [0.4, 0.5) is 0 Å². The summed E-state index contributed by atoms with van der Waals surface area (Å²) in [6.45, 7) is 1.86. The first kappa shape index (κ1) is 8.19. The van der Waals surface area contributed by atoms with Crippen LogP contribution in [0.15, 0.2) is 12.1 Å². The van der Waals surface area contributed by atoms with E-state index in [0.29, 0.717) is 15.1 Å². The number of rotatable bonds is 0. The Balaban J connectivity index is 3.31. The molecule has 0 aliphatic carbocycles. The summed E-state index contributed by atoms with van der Waals surface area (Å²) in [4.78, 5) is 0. The van der Waals surface area contributed by atoms with Gasteiger partial charge < -0.3 is 0 Å². The lowest BCUT2D eigenvalue weighted by Crippen LogP contribution is -1.75. The first-order chi connectivity index (χ1) is 4.61. The Bertz CT molecular complexity index is 232. The van der Waals surface area contributed by atoms with Crippen LogP contribution in [0.3, 0.4) is 0 Å². The second kappa shape index (κ2) is 3.00. The van der Waals surface area contributed by atoms with Gasteiger partial charge in [-0.25, -0.2) is 0 Å². The minimum absolute atomic E-state index is 0.506. The number of halogens is 3. The zero-order valence-corrected chi connectivity index (χ0v) is 7.56. The molecule has 0 aliphatic rings. The number of hydrogen-bond donors (Lipinski definition) is 0. The Labute approximate surface area is 74.7 Å². The highest BCUT2D eigenvalue weighted by Crippen LogP contribution is 2.28. The first-order valence-electron chi connectivity index (χ1n) is 2.72. The van der Waals surface area contributed by atoms with Crippen molar-refractivity contribution < 1.29 is 0 Å². The van der Waals surface area contributed by atoms with Crippen molar-refractivity contribution in [2.75, 3.05) is 0 Å². The van der Waals surface area contributed by atoms with Crippen molar-refractivity contribution in [1.82, 2.24) is 0 Å². The zero-order valence-electron chi connectivity index (χ0n) is 5.29. The van der Waals surface area contributed by atoms with E-state index < -0.39 is 0 Å². The summed E-state index contributed by atoms with van der Waals surface area (Å²) in [5, 5.41) is 1.70. The summed E-state index contributed by atoms with van der Waals surface area (Å²) >= 11 is 17.1. The first-order valence-corrected chi connectivity index (χ1v) is 3.86. The Morgan fingerprint density at radius 2 is 1.70 bits per heavy atom. The smallest absolute Gasteiger partial charge is 0.0622 e. The molecule has 1 rings (SSSR count). The minimum Gasteiger partial charge on any atom is -0.0843 e. The molecule has 0 spiro atoms. The Hall–Kier alpha value is 0.0900. The Kier molecular flexibility index (Phi) is 2.45. The number of aryl methyl sites for hydroxylation is 1. The van der Waals surface area contributed by atoms with Gasteiger partial charge in [-0.1, -0.05) is 34.8 Å². The lowest BCUT2D eigenvalue weighted by Gasteiger charge is -1.99. The highest BCUT2D eigenvalue weighted by Gasteiger charge is 2.01. The molecule has 3 heteroatoms. The summed E-state index contributed by atoms with van der Waals surface area (Å²) in [5.74, 6) is 0. The van der Waals surface area contributed by atoms with E-state index >= 15 is 0 Å². The number of hydrogen-bond acceptors (Lipinski definition) is 0. The number of benzene rings is 1. The second-order valence-electron chi connectivity index (χ2n) is 2.02. The molecular weight excluding hydrogens is 190 g/mol. The lowest BCUT2D eigenvalue weighted by atomic mass is 10.2. The standard InChI is InChI=1S/C7H5Cl3/c1-4-2-5(8)3-6(9)7(4)10/h2-3H,1H3. The maximum atomic E-state index is 5.76. The Morgan fingerprint density at radius 3 is 2.20 bits per heavy atom. The zero-order chi connectivity index (χ0) is 7.72. The van der Waals surface area contributed by atoms with E-state index in [4.69, 9.17) is 34.8 Å². The third-order valence-electron chi connectivity index (χ3n) is 1.17. The largest absolute Gasteiger partial charge is 0.0843 e. The predicted molar refractivity (Wildman–Crippen MR) is 46.2 cm³/mol. The molecule has 0 amide bonds. The van der Waals surface area contributed by atoms with Crippen molar-refractivity contribution in [3.8, 4) is 0 Å². The average molecular weight is 195 g/mol. The molecule has 0 N–H and O–H groups in total. The van der Waals surface area contributed by atoms with Crippen LogP contribution in [0.25, 0.3) is 0 Å². The third-order valence-corrected chi connectivity index (χ3v) is 2.29. The molecular formula is C7H5Cl3. The van der Waals surface area contributed by atoms with Crippen LogP contribution in [0.2, 0.25) is 15.1 Å². The van der Waals surface area contributed by atoms with Gasteiger partial charge in [-0.2, -0.15) is 0 Å². The molecule has 0 radical (unpaired) electrons. The van der Waals surface area contributed by atoms with Crippen molar-refractivity contribution in [3.63, 3.8) is 0 Å². The molecule has 10 heavy (non-hydrogen) atoms. The van der Waals surface area contributed by atoms with Crippen LogP contribution in [0.1, 0.15) is 5.56 Å². The minimum atomic E-state index is 0.506. The molecule has 0 aromatic heterocycles. The topological polar surface area (TPSA) is 0 Å². The second-order valence-corrected chi connectivity index (χ2v) is 3.24. The highest BCUT2D eigenvalue weighted by molar-refractivity contribution is 6.43. The molecule has 0 heterocycles. The van der Waals surface area contributed by atoms with Gasteiger partial charge in [0.25, 0.3) is 0 Å². The summed E-state index contributed by atoms with van der Waals surface area (Å²) < 4.78 is 0. The molecule has 0 fully saturated rings.